The van der Waals surface area contributed by atoms with Gasteiger partial charge in [0.25, 0.3) is 0 Å². The van der Waals surface area contributed by atoms with Crippen LogP contribution in [-0.4, -0.2) is 22.2 Å². The monoisotopic (exact) mass is 470 g/mol. The van der Waals surface area contributed by atoms with Crippen molar-refractivity contribution in [3.8, 4) is 44.5 Å². The number of hydrogen-bond acceptors (Lipinski definition) is 2. The molecule has 4 heteroatoms. The summed E-state index contributed by atoms with van der Waals surface area (Å²) >= 11 is 0. The van der Waals surface area contributed by atoms with Gasteiger partial charge in [0.15, 0.2) is 0 Å². The zero-order chi connectivity index (χ0) is 25.1. The van der Waals surface area contributed by atoms with Gasteiger partial charge in [0.05, 0.1) is 11.1 Å². The quantitative estimate of drug-likeness (QED) is 0.266. The Kier molecular flexibility index (Phi) is 6.16. The average molecular weight is 471 g/mol. The third-order valence-corrected chi connectivity index (χ3v) is 6.18. The molecule has 0 radical (unpaired) electrons. The van der Waals surface area contributed by atoms with Gasteiger partial charge in [-0.25, -0.2) is 9.59 Å². The molecule has 0 saturated heterocycles. The molecule has 5 aromatic carbocycles. The highest BCUT2D eigenvalue weighted by Gasteiger charge is 2.32. The van der Waals surface area contributed by atoms with Crippen LogP contribution in [0.3, 0.4) is 0 Å². The summed E-state index contributed by atoms with van der Waals surface area (Å²) in [6, 6.07) is 36.8. The van der Waals surface area contributed by atoms with Gasteiger partial charge in [-0.3, -0.25) is 0 Å². The van der Waals surface area contributed by atoms with E-state index in [4.69, 9.17) is 0 Å². The topological polar surface area (TPSA) is 74.6 Å². The van der Waals surface area contributed by atoms with Gasteiger partial charge in [-0.15, -0.1) is 0 Å². The Balaban J connectivity index is 2.12. The van der Waals surface area contributed by atoms with Crippen LogP contribution < -0.4 is 0 Å². The lowest BCUT2D eigenvalue weighted by Gasteiger charge is -2.25. The molecule has 0 bridgehead atoms. The number of aromatic carboxylic acids is 2. The van der Waals surface area contributed by atoms with Gasteiger partial charge in [0.1, 0.15) is 0 Å². The molecule has 5 rings (SSSR count). The molecule has 174 valence electrons. The number of carbonyl (C=O) groups is 2. The molecule has 0 spiro atoms. The van der Waals surface area contributed by atoms with Crippen LogP contribution in [0.15, 0.2) is 121 Å². The highest BCUT2D eigenvalue weighted by molar-refractivity contribution is 6.18. The maximum Gasteiger partial charge on any atom is 0.337 e. The maximum atomic E-state index is 13.0. The van der Waals surface area contributed by atoms with Gasteiger partial charge < -0.3 is 10.2 Å². The molecule has 0 atom stereocenters. The smallest absolute Gasteiger partial charge is 0.337 e. The normalized spacial score (nSPS) is 10.7. The van der Waals surface area contributed by atoms with E-state index in [0.29, 0.717) is 33.4 Å². The lowest BCUT2D eigenvalue weighted by molar-refractivity contribution is 0.0696. The van der Waals surface area contributed by atoms with E-state index in [9.17, 15) is 19.8 Å². The van der Waals surface area contributed by atoms with Gasteiger partial charge >= 0.3 is 11.9 Å². The van der Waals surface area contributed by atoms with Crippen LogP contribution in [0.25, 0.3) is 44.5 Å². The van der Waals surface area contributed by atoms with Gasteiger partial charge in [0.2, 0.25) is 0 Å². The molecule has 0 saturated carbocycles. The second-order valence-corrected chi connectivity index (χ2v) is 8.32. The van der Waals surface area contributed by atoms with Gasteiger partial charge in [-0.2, -0.15) is 0 Å². The molecular formula is C32H22O4. The van der Waals surface area contributed by atoms with Crippen molar-refractivity contribution in [1.29, 1.82) is 0 Å². The minimum absolute atomic E-state index is 0.0386. The third kappa shape index (κ3) is 4.05. The first-order valence-corrected chi connectivity index (χ1v) is 11.5. The van der Waals surface area contributed by atoms with E-state index in [-0.39, 0.29) is 16.7 Å². The second-order valence-electron chi connectivity index (χ2n) is 8.32. The highest BCUT2D eigenvalue weighted by Crippen LogP contribution is 2.49. The Bertz CT molecular complexity index is 1460. The fourth-order valence-electron chi connectivity index (χ4n) is 4.75. The van der Waals surface area contributed by atoms with Crippen LogP contribution in [0.2, 0.25) is 0 Å². The predicted molar refractivity (Wildman–Crippen MR) is 142 cm³/mol. The van der Waals surface area contributed by atoms with Crippen molar-refractivity contribution in [3.05, 3.63) is 132 Å². The van der Waals surface area contributed by atoms with E-state index in [1.807, 2.05) is 97.1 Å². The molecule has 36 heavy (non-hydrogen) atoms. The summed E-state index contributed by atoms with van der Waals surface area (Å²) in [6.07, 6.45) is 0. The Hall–Kier alpha value is -4.96. The lowest BCUT2D eigenvalue weighted by Crippen LogP contribution is -2.13. The number of hydrogen-bond donors (Lipinski definition) is 2. The SMILES string of the molecule is O=C(O)c1c(-c2ccccc2)c(C(=O)O)c(-c2ccccc2)c(-c2ccccc2)c1-c1ccccc1. The Morgan fingerprint density at radius 3 is 0.889 bits per heavy atom. The molecule has 0 amide bonds. The van der Waals surface area contributed by atoms with E-state index >= 15 is 0 Å². The van der Waals surface area contributed by atoms with Crippen LogP contribution in [0.4, 0.5) is 0 Å². The summed E-state index contributed by atoms with van der Waals surface area (Å²) in [5, 5.41) is 21.2. The van der Waals surface area contributed by atoms with Crippen molar-refractivity contribution in [2.75, 3.05) is 0 Å². The van der Waals surface area contributed by atoms with Gasteiger partial charge in [-0.05, 0) is 27.8 Å². The number of carboxylic acid groups (broad SMARTS) is 2. The summed E-state index contributed by atoms with van der Waals surface area (Å²) in [6.45, 7) is 0. The Morgan fingerprint density at radius 1 is 0.361 bits per heavy atom. The van der Waals surface area contributed by atoms with Crippen LogP contribution in [0.1, 0.15) is 20.7 Å². The van der Waals surface area contributed by atoms with Crippen LogP contribution in [0.5, 0.6) is 0 Å². The van der Waals surface area contributed by atoms with Crippen molar-refractivity contribution in [2.45, 2.75) is 0 Å². The van der Waals surface area contributed by atoms with Crippen LogP contribution in [0, 0.1) is 0 Å². The van der Waals surface area contributed by atoms with Gasteiger partial charge in [-0.1, -0.05) is 121 Å². The van der Waals surface area contributed by atoms with Crippen LogP contribution >= 0.6 is 0 Å². The Morgan fingerprint density at radius 2 is 0.611 bits per heavy atom. The lowest BCUT2D eigenvalue weighted by atomic mass is 9.77. The molecule has 0 unspecified atom stereocenters. The Labute approximate surface area is 208 Å². The van der Waals surface area contributed by atoms with E-state index in [0.717, 1.165) is 5.56 Å². The summed E-state index contributed by atoms with van der Waals surface area (Å²) in [7, 11) is 0. The zero-order valence-corrected chi connectivity index (χ0v) is 19.3. The first-order valence-electron chi connectivity index (χ1n) is 11.5. The molecular weight excluding hydrogens is 448 g/mol. The maximum absolute atomic E-state index is 13.0. The molecule has 4 nitrogen and oxygen atoms in total. The summed E-state index contributed by atoms with van der Waals surface area (Å²) in [5.41, 5.74) is 4.30. The summed E-state index contributed by atoms with van der Waals surface area (Å²) in [5.74, 6) is -2.38. The van der Waals surface area contributed by atoms with Crippen molar-refractivity contribution >= 4 is 11.9 Å². The molecule has 5 aromatic rings. The van der Waals surface area contributed by atoms with E-state index in [2.05, 4.69) is 0 Å². The third-order valence-electron chi connectivity index (χ3n) is 6.18. The van der Waals surface area contributed by atoms with Crippen molar-refractivity contribution in [3.63, 3.8) is 0 Å². The first-order chi connectivity index (χ1) is 17.6. The van der Waals surface area contributed by atoms with Gasteiger partial charge in [0, 0.05) is 16.7 Å². The average Bonchev–Trinajstić information content (AvgIpc) is 2.93. The van der Waals surface area contributed by atoms with Crippen LogP contribution in [-0.2, 0) is 0 Å². The number of carboxylic acids is 2. The van der Waals surface area contributed by atoms with Crippen molar-refractivity contribution in [2.24, 2.45) is 0 Å². The van der Waals surface area contributed by atoms with E-state index in [1.165, 1.54) is 0 Å². The van der Waals surface area contributed by atoms with E-state index in [1.54, 1.807) is 24.3 Å². The minimum atomic E-state index is -1.19. The molecule has 2 N–H and O–H groups in total. The van der Waals surface area contributed by atoms with Crippen molar-refractivity contribution in [1.82, 2.24) is 0 Å². The molecule has 0 heterocycles. The fourth-order valence-corrected chi connectivity index (χ4v) is 4.75. The molecule has 0 aromatic heterocycles. The second kappa shape index (κ2) is 9.72. The molecule has 0 fully saturated rings. The molecule has 0 aliphatic carbocycles. The molecule has 0 aliphatic rings. The molecule has 0 aliphatic heterocycles. The highest BCUT2D eigenvalue weighted by atomic mass is 16.4. The number of benzene rings is 5. The first kappa shape index (κ1) is 22.8. The van der Waals surface area contributed by atoms with Crippen molar-refractivity contribution < 1.29 is 19.8 Å². The summed E-state index contributed by atoms with van der Waals surface area (Å²) in [4.78, 5) is 26.0. The summed E-state index contributed by atoms with van der Waals surface area (Å²) < 4.78 is 0. The minimum Gasteiger partial charge on any atom is -0.478 e. The zero-order valence-electron chi connectivity index (χ0n) is 19.3. The fraction of sp³-hybridized carbons (Fsp3) is 0. The predicted octanol–water partition coefficient (Wildman–Crippen LogP) is 7.75. The standard InChI is InChI=1S/C32H22O4/c33-31(34)29-26(22-15-7-2-8-16-22)25(21-13-5-1-6-14-21)27(23-17-9-3-10-18-23)30(32(35)36)28(29)24-19-11-4-12-20-24/h1-20H,(H,33,34)(H,35,36). The number of rotatable bonds is 6. The largest absolute Gasteiger partial charge is 0.478 e. The van der Waals surface area contributed by atoms with E-state index < -0.39 is 11.9 Å².